The number of ether oxygens (including phenoxy) is 1. The van der Waals surface area contributed by atoms with Gasteiger partial charge in [-0.1, -0.05) is 0 Å². The van der Waals surface area contributed by atoms with Crippen molar-refractivity contribution in [2.45, 2.75) is 25.5 Å². The van der Waals surface area contributed by atoms with Gasteiger partial charge >= 0.3 is 5.97 Å². The number of carboxylic acid groups (broad SMARTS) is 1. The van der Waals surface area contributed by atoms with Crippen molar-refractivity contribution in [3.63, 3.8) is 0 Å². The fraction of sp³-hybridized carbons (Fsp3) is 0.636. The molecule has 1 unspecified atom stereocenters. The minimum atomic E-state index is -0.949. The molecule has 0 aliphatic carbocycles. The summed E-state index contributed by atoms with van der Waals surface area (Å²) in [6.45, 7) is 2.64. The lowest BCUT2D eigenvalue weighted by Crippen LogP contribution is -2.38. The largest absolute Gasteiger partial charge is 0.476 e. The SMILES string of the molecule is COC1CCCN(Cc2csc(C(=O)O)n2)C1. The number of thiazole rings is 1. The Hall–Kier alpha value is -0.980. The second kappa shape index (κ2) is 5.57. The Balaban J connectivity index is 1.93. The van der Waals surface area contributed by atoms with Crippen LogP contribution in [0.15, 0.2) is 5.38 Å². The molecule has 1 atom stereocenters. The molecule has 0 aromatic carbocycles. The molecule has 0 bridgehead atoms. The molecule has 1 fully saturated rings. The van der Waals surface area contributed by atoms with Gasteiger partial charge in [-0.05, 0) is 19.4 Å². The van der Waals surface area contributed by atoms with Crippen LogP contribution in [0.4, 0.5) is 0 Å². The van der Waals surface area contributed by atoms with Gasteiger partial charge < -0.3 is 9.84 Å². The summed E-state index contributed by atoms with van der Waals surface area (Å²) in [5.74, 6) is -0.949. The van der Waals surface area contributed by atoms with Gasteiger partial charge in [0.05, 0.1) is 11.8 Å². The van der Waals surface area contributed by atoms with E-state index in [1.165, 1.54) is 11.3 Å². The Morgan fingerprint density at radius 2 is 2.59 bits per heavy atom. The fourth-order valence-electron chi connectivity index (χ4n) is 2.06. The number of nitrogens with zero attached hydrogens (tertiary/aromatic N) is 2. The monoisotopic (exact) mass is 256 g/mol. The normalized spacial score (nSPS) is 21.6. The highest BCUT2D eigenvalue weighted by molar-refractivity contribution is 7.11. The third kappa shape index (κ3) is 3.24. The number of rotatable bonds is 4. The van der Waals surface area contributed by atoms with Crippen LogP contribution < -0.4 is 0 Å². The third-order valence-electron chi connectivity index (χ3n) is 2.92. The molecule has 0 amide bonds. The van der Waals surface area contributed by atoms with Crippen molar-refractivity contribution >= 4 is 17.3 Å². The van der Waals surface area contributed by atoms with E-state index in [-0.39, 0.29) is 5.01 Å². The van der Waals surface area contributed by atoms with Gasteiger partial charge in [-0.15, -0.1) is 11.3 Å². The number of hydrogen-bond acceptors (Lipinski definition) is 5. The van der Waals surface area contributed by atoms with E-state index in [4.69, 9.17) is 9.84 Å². The first-order valence-electron chi connectivity index (χ1n) is 5.62. The van der Waals surface area contributed by atoms with Crippen LogP contribution in [0.1, 0.15) is 28.3 Å². The average molecular weight is 256 g/mol. The Morgan fingerprint density at radius 1 is 1.76 bits per heavy atom. The number of hydrogen-bond donors (Lipinski definition) is 1. The number of likely N-dealkylation sites (tertiary alicyclic amines) is 1. The molecule has 1 aromatic heterocycles. The summed E-state index contributed by atoms with van der Waals surface area (Å²) in [6, 6.07) is 0. The fourth-order valence-corrected chi connectivity index (χ4v) is 2.70. The van der Waals surface area contributed by atoms with Crippen molar-refractivity contribution in [3.05, 3.63) is 16.1 Å². The topological polar surface area (TPSA) is 62.7 Å². The first kappa shape index (κ1) is 12.5. The predicted molar refractivity (Wildman–Crippen MR) is 64.4 cm³/mol. The molecule has 1 saturated heterocycles. The zero-order valence-electron chi connectivity index (χ0n) is 9.76. The molecule has 17 heavy (non-hydrogen) atoms. The lowest BCUT2D eigenvalue weighted by Gasteiger charge is -2.31. The van der Waals surface area contributed by atoms with Crippen molar-refractivity contribution in [2.75, 3.05) is 20.2 Å². The number of carbonyl (C=O) groups is 1. The summed E-state index contributed by atoms with van der Waals surface area (Å²) in [7, 11) is 1.74. The van der Waals surface area contributed by atoms with Crippen molar-refractivity contribution in [1.29, 1.82) is 0 Å². The molecule has 1 aliphatic rings. The number of aromatic nitrogens is 1. The summed E-state index contributed by atoms with van der Waals surface area (Å²) in [4.78, 5) is 17.1. The molecule has 0 spiro atoms. The zero-order valence-corrected chi connectivity index (χ0v) is 10.6. The molecule has 0 radical (unpaired) electrons. The molecule has 6 heteroatoms. The quantitative estimate of drug-likeness (QED) is 0.883. The molecular formula is C11H16N2O3S. The standard InChI is InChI=1S/C11H16N2O3S/c1-16-9-3-2-4-13(6-9)5-8-7-17-10(12-8)11(14)15/h7,9H,2-6H2,1H3,(H,14,15). The van der Waals surface area contributed by atoms with E-state index in [0.717, 1.165) is 31.6 Å². The maximum absolute atomic E-state index is 10.7. The van der Waals surface area contributed by atoms with Crippen molar-refractivity contribution < 1.29 is 14.6 Å². The second-order valence-corrected chi connectivity index (χ2v) is 5.04. The first-order chi connectivity index (χ1) is 8.19. The summed E-state index contributed by atoms with van der Waals surface area (Å²) >= 11 is 1.18. The van der Waals surface area contributed by atoms with Crippen LogP contribution in [0.25, 0.3) is 0 Å². The van der Waals surface area contributed by atoms with Crippen LogP contribution in [0.3, 0.4) is 0 Å². The van der Waals surface area contributed by atoms with Crippen LogP contribution in [-0.2, 0) is 11.3 Å². The third-order valence-corrected chi connectivity index (χ3v) is 3.80. The number of aromatic carboxylic acids is 1. The maximum atomic E-state index is 10.7. The smallest absolute Gasteiger partial charge is 0.365 e. The van der Waals surface area contributed by atoms with E-state index < -0.39 is 5.97 Å². The maximum Gasteiger partial charge on any atom is 0.365 e. The molecule has 2 rings (SSSR count). The Labute approximate surface area is 104 Å². The Bertz CT molecular complexity index is 394. The van der Waals surface area contributed by atoms with Crippen molar-refractivity contribution in [1.82, 2.24) is 9.88 Å². The van der Waals surface area contributed by atoms with Crippen LogP contribution in [-0.4, -0.2) is 47.3 Å². The van der Waals surface area contributed by atoms with E-state index in [0.29, 0.717) is 12.6 Å². The molecular weight excluding hydrogens is 240 g/mol. The minimum Gasteiger partial charge on any atom is -0.476 e. The molecule has 2 heterocycles. The summed E-state index contributed by atoms with van der Waals surface area (Å²) in [5.41, 5.74) is 0.837. The van der Waals surface area contributed by atoms with Gasteiger partial charge in [0.2, 0.25) is 5.01 Å². The van der Waals surface area contributed by atoms with E-state index in [1.807, 2.05) is 5.38 Å². The zero-order chi connectivity index (χ0) is 12.3. The highest BCUT2D eigenvalue weighted by Crippen LogP contribution is 2.17. The van der Waals surface area contributed by atoms with E-state index in [2.05, 4.69) is 9.88 Å². The minimum absolute atomic E-state index is 0.167. The van der Waals surface area contributed by atoms with Crippen LogP contribution in [0.5, 0.6) is 0 Å². The molecule has 94 valence electrons. The van der Waals surface area contributed by atoms with Gasteiger partial charge in [0, 0.05) is 25.6 Å². The first-order valence-corrected chi connectivity index (χ1v) is 6.50. The van der Waals surface area contributed by atoms with Gasteiger partial charge in [-0.3, -0.25) is 4.90 Å². The number of methoxy groups -OCH3 is 1. The molecule has 1 aliphatic heterocycles. The summed E-state index contributed by atoms with van der Waals surface area (Å²) < 4.78 is 5.35. The van der Waals surface area contributed by atoms with Gasteiger partial charge in [0.15, 0.2) is 0 Å². The van der Waals surface area contributed by atoms with Gasteiger partial charge in [0.25, 0.3) is 0 Å². The van der Waals surface area contributed by atoms with E-state index >= 15 is 0 Å². The van der Waals surface area contributed by atoms with Crippen LogP contribution in [0, 0.1) is 0 Å². The molecule has 1 N–H and O–H groups in total. The number of carboxylic acids is 1. The predicted octanol–water partition coefficient (Wildman–Crippen LogP) is 1.45. The van der Waals surface area contributed by atoms with Gasteiger partial charge in [-0.25, -0.2) is 9.78 Å². The lowest BCUT2D eigenvalue weighted by molar-refractivity contribution is 0.0281. The molecule has 0 saturated carbocycles. The highest BCUT2D eigenvalue weighted by atomic mass is 32.1. The lowest BCUT2D eigenvalue weighted by atomic mass is 10.1. The summed E-state index contributed by atoms with van der Waals surface area (Å²) in [5, 5.41) is 10.8. The van der Waals surface area contributed by atoms with Crippen LogP contribution >= 0.6 is 11.3 Å². The number of piperidine rings is 1. The van der Waals surface area contributed by atoms with Crippen LogP contribution in [0.2, 0.25) is 0 Å². The Morgan fingerprint density at radius 3 is 3.24 bits per heavy atom. The molecule has 5 nitrogen and oxygen atoms in total. The second-order valence-electron chi connectivity index (χ2n) is 4.18. The molecule has 1 aromatic rings. The Kier molecular flexibility index (Phi) is 4.09. The van der Waals surface area contributed by atoms with Crippen molar-refractivity contribution in [2.24, 2.45) is 0 Å². The van der Waals surface area contributed by atoms with Crippen molar-refractivity contribution in [3.8, 4) is 0 Å². The van der Waals surface area contributed by atoms with Gasteiger partial charge in [-0.2, -0.15) is 0 Å². The van der Waals surface area contributed by atoms with E-state index in [1.54, 1.807) is 7.11 Å². The highest BCUT2D eigenvalue weighted by Gasteiger charge is 2.20. The van der Waals surface area contributed by atoms with E-state index in [9.17, 15) is 4.79 Å². The van der Waals surface area contributed by atoms with Gasteiger partial charge in [0.1, 0.15) is 0 Å². The summed E-state index contributed by atoms with van der Waals surface area (Å²) in [6.07, 6.45) is 2.51. The average Bonchev–Trinajstić information content (AvgIpc) is 2.78.